The smallest absolute Gasteiger partial charge is 0.279 e. The highest BCUT2D eigenvalue weighted by Gasteiger charge is 2.25. The number of aromatic nitrogens is 1. The highest BCUT2D eigenvalue weighted by Crippen LogP contribution is 2.21. The molecular weight excluding hydrogens is 395 g/mol. The first-order chi connectivity index (χ1) is 13.6. The van der Waals surface area contributed by atoms with Crippen molar-refractivity contribution in [1.82, 2.24) is 4.57 Å². The summed E-state index contributed by atoms with van der Waals surface area (Å²) in [5.74, 6) is -0.336. The van der Waals surface area contributed by atoms with Crippen molar-refractivity contribution in [2.24, 2.45) is 0 Å². The van der Waals surface area contributed by atoms with Crippen LogP contribution in [0.2, 0.25) is 0 Å². The molecule has 0 unspecified atom stereocenters. The standard InChI is InChI=1S/C20H21FN4OS2/c21-15-5-7-16(8-6-15)22-19(26)13-23-9-11-24(12-10-23)14-25-17-3-1-2-4-18(17)28-20(25)27/h1-8H,9-14H2,(H,22,26)/p+2. The third-order valence-electron chi connectivity index (χ3n) is 5.16. The zero-order valence-electron chi connectivity index (χ0n) is 15.4. The molecule has 0 spiro atoms. The van der Waals surface area contributed by atoms with Crippen molar-refractivity contribution in [2.45, 2.75) is 6.67 Å². The Labute approximate surface area is 172 Å². The van der Waals surface area contributed by atoms with E-state index in [0.29, 0.717) is 12.2 Å². The van der Waals surface area contributed by atoms with Gasteiger partial charge in [0, 0.05) is 5.69 Å². The average molecular weight is 419 g/mol. The van der Waals surface area contributed by atoms with E-state index in [0.717, 1.165) is 36.8 Å². The number of amides is 1. The maximum atomic E-state index is 13.0. The SMILES string of the molecule is O=C(C[NH+]1CC[NH+](Cn2c(=S)sc3ccccc32)CC1)Nc1ccc(F)cc1. The van der Waals surface area contributed by atoms with Gasteiger partial charge in [-0.25, -0.2) is 4.39 Å². The summed E-state index contributed by atoms with van der Waals surface area (Å²) in [6.07, 6.45) is 0. The quantitative estimate of drug-likeness (QED) is 0.540. The predicted molar refractivity (Wildman–Crippen MR) is 112 cm³/mol. The van der Waals surface area contributed by atoms with Crippen molar-refractivity contribution in [1.29, 1.82) is 0 Å². The summed E-state index contributed by atoms with van der Waals surface area (Å²) in [6, 6.07) is 14.2. The van der Waals surface area contributed by atoms with Crippen molar-refractivity contribution in [3.05, 3.63) is 58.3 Å². The second-order valence-corrected chi connectivity index (χ2v) is 8.83. The van der Waals surface area contributed by atoms with Gasteiger partial charge in [-0.15, -0.1) is 11.3 Å². The number of anilines is 1. The fourth-order valence-corrected chi connectivity index (χ4v) is 4.97. The summed E-state index contributed by atoms with van der Waals surface area (Å²) in [5, 5.41) is 2.84. The average Bonchev–Trinajstić information content (AvgIpc) is 3.00. The van der Waals surface area contributed by atoms with E-state index in [-0.39, 0.29) is 11.7 Å². The Morgan fingerprint density at radius 2 is 1.75 bits per heavy atom. The van der Waals surface area contributed by atoms with Crippen molar-refractivity contribution >= 4 is 45.4 Å². The summed E-state index contributed by atoms with van der Waals surface area (Å²) in [7, 11) is 0. The Balaban J connectivity index is 1.29. The van der Waals surface area contributed by atoms with E-state index in [1.165, 1.54) is 32.1 Å². The minimum absolute atomic E-state index is 0.0314. The number of nitrogens with one attached hydrogen (secondary N) is 3. The lowest BCUT2D eigenvalue weighted by atomic mass is 10.3. The third-order valence-corrected chi connectivity index (χ3v) is 6.59. The van der Waals surface area contributed by atoms with Gasteiger partial charge < -0.3 is 15.1 Å². The number of rotatable bonds is 5. The Morgan fingerprint density at radius 1 is 1.07 bits per heavy atom. The predicted octanol–water partition coefficient (Wildman–Crippen LogP) is 0.951. The van der Waals surface area contributed by atoms with Crippen LogP contribution in [0.25, 0.3) is 10.2 Å². The number of halogens is 1. The molecule has 5 nitrogen and oxygen atoms in total. The van der Waals surface area contributed by atoms with Crippen molar-refractivity contribution in [3.63, 3.8) is 0 Å². The molecule has 1 saturated heterocycles. The lowest BCUT2D eigenvalue weighted by Crippen LogP contribution is -3.28. The summed E-state index contributed by atoms with van der Waals surface area (Å²) < 4.78 is 17.3. The molecule has 3 aromatic rings. The largest absolute Gasteiger partial charge is 0.321 e. The molecular formula is C20H23FN4OS2+2. The lowest BCUT2D eigenvalue weighted by Gasteiger charge is -2.29. The van der Waals surface area contributed by atoms with Crippen LogP contribution in [-0.2, 0) is 11.5 Å². The van der Waals surface area contributed by atoms with E-state index in [4.69, 9.17) is 12.2 Å². The third kappa shape index (κ3) is 4.47. The highest BCUT2D eigenvalue weighted by molar-refractivity contribution is 7.73. The fraction of sp³-hybridized carbons (Fsp3) is 0.300. The lowest BCUT2D eigenvalue weighted by molar-refractivity contribution is -1.02. The van der Waals surface area contributed by atoms with E-state index >= 15 is 0 Å². The van der Waals surface area contributed by atoms with Gasteiger partial charge in [0.25, 0.3) is 5.91 Å². The number of fused-ring (bicyclic) bond motifs is 1. The van der Waals surface area contributed by atoms with Crippen LogP contribution >= 0.6 is 23.6 Å². The molecule has 8 heteroatoms. The first-order valence-corrected chi connectivity index (χ1v) is 10.6. The second kappa shape index (κ2) is 8.48. The molecule has 1 aromatic heterocycles. The number of hydrogen-bond donors (Lipinski definition) is 3. The van der Waals surface area contributed by atoms with Crippen molar-refractivity contribution < 1.29 is 19.0 Å². The minimum atomic E-state index is -0.304. The summed E-state index contributed by atoms with van der Waals surface area (Å²) in [5.41, 5.74) is 1.84. The fourth-order valence-electron chi connectivity index (χ4n) is 3.64. The molecule has 2 aromatic carbocycles. The van der Waals surface area contributed by atoms with Crippen molar-refractivity contribution in [2.75, 3.05) is 38.0 Å². The van der Waals surface area contributed by atoms with Crippen LogP contribution in [0.3, 0.4) is 0 Å². The van der Waals surface area contributed by atoms with E-state index < -0.39 is 0 Å². The molecule has 28 heavy (non-hydrogen) atoms. The van der Waals surface area contributed by atoms with Crippen LogP contribution in [0.5, 0.6) is 0 Å². The number of hydrogen-bond acceptors (Lipinski definition) is 3. The highest BCUT2D eigenvalue weighted by atomic mass is 32.1. The van der Waals surface area contributed by atoms with Gasteiger partial charge in [0.1, 0.15) is 32.0 Å². The van der Waals surface area contributed by atoms with Gasteiger partial charge in [0.05, 0.1) is 10.2 Å². The zero-order valence-corrected chi connectivity index (χ0v) is 17.0. The molecule has 1 aliphatic heterocycles. The van der Waals surface area contributed by atoms with Gasteiger partial charge in [-0.05, 0) is 48.6 Å². The Morgan fingerprint density at radius 3 is 2.50 bits per heavy atom. The Hall–Kier alpha value is -2.13. The molecule has 4 rings (SSSR count). The van der Waals surface area contributed by atoms with Crippen LogP contribution in [0.4, 0.5) is 10.1 Å². The normalized spacial score (nSPS) is 19.6. The van der Waals surface area contributed by atoms with Gasteiger partial charge in [-0.1, -0.05) is 12.1 Å². The number of piperazine rings is 1. The minimum Gasteiger partial charge on any atom is -0.321 e. The maximum absolute atomic E-state index is 13.0. The molecule has 146 valence electrons. The van der Waals surface area contributed by atoms with Gasteiger partial charge in [0.2, 0.25) is 0 Å². The van der Waals surface area contributed by atoms with E-state index in [2.05, 4.69) is 28.1 Å². The molecule has 1 amide bonds. The van der Waals surface area contributed by atoms with Crippen molar-refractivity contribution in [3.8, 4) is 0 Å². The molecule has 0 saturated carbocycles. The number of carbonyl (C=O) groups is 1. The second-order valence-electron chi connectivity index (χ2n) is 7.15. The topological polar surface area (TPSA) is 42.9 Å². The number of para-hydroxylation sites is 1. The summed E-state index contributed by atoms with van der Waals surface area (Å²) >= 11 is 7.22. The van der Waals surface area contributed by atoms with Crippen LogP contribution in [0.15, 0.2) is 48.5 Å². The molecule has 0 atom stereocenters. The Kier molecular flexibility index (Phi) is 5.82. The molecule has 0 aliphatic carbocycles. The molecule has 2 heterocycles. The van der Waals surface area contributed by atoms with E-state index in [9.17, 15) is 9.18 Å². The van der Waals surface area contributed by atoms with Crippen LogP contribution < -0.4 is 15.1 Å². The molecule has 1 aliphatic rings. The van der Waals surface area contributed by atoms with E-state index in [1.54, 1.807) is 23.5 Å². The maximum Gasteiger partial charge on any atom is 0.279 e. The van der Waals surface area contributed by atoms with Crippen LogP contribution in [0, 0.1) is 9.77 Å². The van der Waals surface area contributed by atoms with Gasteiger partial charge >= 0.3 is 0 Å². The monoisotopic (exact) mass is 418 g/mol. The molecule has 1 fully saturated rings. The molecule has 0 radical (unpaired) electrons. The number of quaternary nitrogens is 2. The summed E-state index contributed by atoms with van der Waals surface area (Å²) in [6.45, 7) is 5.21. The first kappa shape index (κ1) is 19.2. The number of benzene rings is 2. The summed E-state index contributed by atoms with van der Waals surface area (Å²) in [4.78, 5) is 15.0. The number of nitrogens with zero attached hydrogens (tertiary/aromatic N) is 1. The molecule has 3 N–H and O–H groups in total. The molecule has 0 bridgehead atoms. The van der Waals surface area contributed by atoms with Crippen LogP contribution in [-0.4, -0.2) is 43.2 Å². The zero-order chi connectivity index (χ0) is 19.5. The van der Waals surface area contributed by atoms with Gasteiger partial charge in [-0.2, -0.15) is 0 Å². The number of carbonyl (C=O) groups excluding carboxylic acids is 1. The van der Waals surface area contributed by atoms with Gasteiger partial charge in [0.15, 0.2) is 17.2 Å². The number of thiazole rings is 1. The van der Waals surface area contributed by atoms with Crippen LogP contribution in [0.1, 0.15) is 0 Å². The van der Waals surface area contributed by atoms with E-state index in [1.807, 2.05) is 6.07 Å². The Bertz CT molecular complexity index is 1020. The first-order valence-electron chi connectivity index (χ1n) is 9.39. The van der Waals surface area contributed by atoms with Gasteiger partial charge in [-0.3, -0.25) is 9.36 Å².